The van der Waals surface area contributed by atoms with Crippen molar-refractivity contribution in [3.8, 4) is 0 Å². The fourth-order valence-electron chi connectivity index (χ4n) is 0.664. The average Bonchev–Trinajstić information content (AvgIpc) is 2.08. The lowest BCUT2D eigenvalue weighted by atomic mass is 10.2. The number of benzene rings is 1. The Hall–Kier alpha value is -0.930. The predicted molar refractivity (Wildman–Crippen MR) is 44.4 cm³/mol. The smallest absolute Gasteiger partial charge is 0.123 e. The summed E-state index contributed by atoms with van der Waals surface area (Å²) in [4.78, 5) is 0. The molecule has 11 heavy (non-hydrogen) atoms. The SMILES string of the molecule is CN.NCc1cccc(F)c1. The van der Waals surface area contributed by atoms with Gasteiger partial charge in [0.15, 0.2) is 0 Å². The van der Waals surface area contributed by atoms with E-state index in [0.29, 0.717) is 6.54 Å². The molecular formula is C8H13FN2. The number of nitrogens with two attached hydrogens (primary N) is 2. The summed E-state index contributed by atoms with van der Waals surface area (Å²) in [7, 11) is 1.50. The zero-order chi connectivity index (χ0) is 8.69. The molecule has 0 aromatic heterocycles. The van der Waals surface area contributed by atoms with Crippen molar-refractivity contribution in [1.29, 1.82) is 0 Å². The Morgan fingerprint density at radius 3 is 2.36 bits per heavy atom. The number of rotatable bonds is 1. The van der Waals surface area contributed by atoms with E-state index in [-0.39, 0.29) is 5.82 Å². The van der Waals surface area contributed by atoms with Gasteiger partial charge in [0.2, 0.25) is 0 Å². The average molecular weight is 156 g/mol. The van der Waals surface area contributed by atoms with Gasteiger partial charge < -0.3 is 11.5 Å². The lowest BCUT2D eigenvalue weighted by Crippen LogP contribution is -1.95. The maximum absolute atomic E-state index is 12.3. The van der Waals surface area contributed by atoms with E-state index in [0.717, 1.165) is 5.56 Å². The molecule has 1 aromatic carbocycles. The van der Waals surface area contributed by atoms with Crippen LogP contribution in [0.3, 0.4) is 0 Å². The molecule has 0 bridgehead atoms. The maximum Gasteiger partial charge on any atom is 0.123 e. The van der Waals surface area contributed by atoms with Crippen molar-refractivity contribution >= 4 is 0 Å². The Labute approximate surface area is 66.0 Å². The molecule has 62 valence electrons. The van der Waals surface area contributed by atoms with Gasteiger partial charge in [-0.1, -0.05) is 12.1 Å². The molecule has 0 saturated heterocycles. The third-order valence-electron chi connectivity index (χ3n) is 1.12. The molecule has 4 N–H and O–H groups in total. The van der Waals surface area contributed by atoms with Crippen LogP contribution in [0, 0.1) is 5.82 Å². The van der Waals surface area contributed by atoms with Gasteiger partial charge in [-0.2, -0.15) is 0 Å². The fraction of sp³-hybridized carbons (Fsp3) is 0.250. The van der Waals surface area contributed by atoms with Crippen molar-refractivity contribution in [3.63, 3.8) is 0 Å². The molecule has 0 unspecified atom stereocenters. The minimum Gasteiger partial charge on any atom is -0.333 e. The van der Waals surface area contributed by atoms with Gasteiger partial charge in [-0.3, -0.25) is 0 Å². The van der Waals surface area contributed by atoms with Crippen molar-refractivity contribution in [3.05, 3.63) is 35.6 Å². The number of hydrogen-bond acceptors (Lipinski definition) is 2. The summed E-state index contributed by atoms with van der Waals surface area (Å²) in [6, 6.07) is 6.28. The van der Waals surface area contributed by atoms with Crippen LogP contribution >= 0.6 is 0 Å². The van der Waals surface area contributed by atoms with E-state index in [1.54, 1.807) is 12.1 Å². The van der Waals surface area contributed by atoms with Crippen LogP contribution in [-0.2, 0) is 6.54 Å². The summed E-state index contributed by atoms with van der Waals surface area (Å²) in [6.45, 7) is 0.401. The van der Waals surface area contributed by atoms with E-state index in [4.69, 9.17) is 5.73 Å². The molecule has 2 nitrogen and oxygen atoms in total. The van der Waals surface area contributed by atoms with Crippen LogP contribution in [0.25, 0.3) is 0 Å². The van der Waals surface area contributed by atoms with E-state index >= 15 is 0 Å². The monoisotopic (exact) mass is 156 g/mol. The van der Waals surface area contributed by atoms with Crippen LogP contribution < -0.4 is 11.5 Å². The highest BCUT2D eigenvalue weighted by molar-refractivity contribution is 5.15. The second-order valence-electron chi connectivity index (χ2n) is 1.83. The summed E-state index contributed by atoms with van der Waals surface area (Å²) in [6.07, 6.45) is 0. The Balaban J connectivity index is 0.000000461. The molecule has 1 rings (SSSR count). The first-order valence-corrected chi connectivity index (χ1v) is 3.35. The summed E-state index contributed by atoms with van der Waals surface area (Å²) < 4.78 is 12.3. The summed E-state index contributed by atoms with van der Waals surface area (Å²) in [5, 5.41) is 0. The molecule has 0 heterocycles. The molecule has 0 radical (unpaired) electrons. The van der Waals surface area contributed by atoms with Crippen molar-refractivity contribution in [1.82, 2.24) is 0 Å². The Morgan fingerprint density at radius 2 is 2.00 bits per heavy atom. The minimum atomic E-state index is -0.224. The van der Waals surface area contributed by atoms with E-state index in [9.17, 15) is 4.39 Å². The van der Waals surface area contributed by atoms with Gasteiger partial charge in [0, 0.05) is 6.54 Å². The summed E-state index contributed by atoms with van der Waals surface area (Å²) in [5.74, 6) is -0.224. The molecule has 0 aliphatic carbocycles. The standard InChI is InChI=1S/C7H8FN.CH5N/c8-7-3-1-2-6(4-7)5-9;1-2/h1-4H,5,9H2;2H2,1H3. The molecule has 1 aromatic rings. The van der Waals surface area contributed by atoms with Gasteiger partial charge in [-0.25, -0.2) is 4.39 Å². The first-order chi connectivity index (χ1) is 5.33. The van der Waals surface area contributed by atoms with Crippen molar-refractivity contribution in [2.45, 2.75) is 6.54 Å². The lowest BCUT2D eigenvalue weighted by molar-refractivity contribution is 0.625. The van der Waals surface area contributed by atoms with Gasteiger partial charge >= 0.3 is 0 Å². The van der Waals surface area contributed by atoms with Crippen LogP contribution in [0.1, 0.15) is 5.56 Å². The Bertz CT molecular complexity index is 201. The van der Waals surface area contributed by atoms with E-state index in [2.05, 4.69) is 5.73 Å². The largest absolute Gasteiger partial charge is 0.333 e. The zero-order valence-electron chi connectivity index (χ0n) is 6.55. The van der Waals surface area contributed by atoms with Crippen molar-refractivity contribution in [2.24, 2.45) is 11.5 Å². The highest BCUT2D eigenvalue weighted by Crippen LogP contribution is 2.00. The molecule has 0 fully saturated rings. The third-order valence-corrected chi connectivity index (χ3v) is 1.12. The molecule has 3 heteroatoms. The van der Waals surface area contributed by atoms with Crippen LogP contribution in [0.4, 0.5) is 4.39 Å². The lowest BCUT2D eigenvalue weighted by Gasteiger charge is -1.92. The van der Waals surface area contributed by atoms with Crippen LogP contribution in [0.2, 0.25) is 0 Å². The van der Waals surface area contributed by atoms with Crippen LogP contribution in [0.15, 0.2) is 24.3 Å². The van der Waals surface area contributed by atoms with E-state index in [1.165, 1.54) is 19.2 Å². The quantitative estimate of drug-likeness (QED) is 0.633. The third kappa shape index (κ3) is 3.70. The molecular weight excluding hydrogens is 143 g/mol. The molecule has 0 spiro atoms. The maximum atomic E-state index is 12.3. The highest BCUT2D eigenvalue weighted by atomic mass is 19.1. The normalized spacial score (nSPS) is 8.36. The van der Waals surface area contributed by atoms with Crippen LogP contribution in [0.5, 0.6) is 0 Å². The summed E-state index contributed by atoms with van der Waals surface area (Å²) >= 11 is 0. The van der Waals surface area contributed by atoms with Gasteiger partial charge in [-0.05, 0) is 24.7 Å². The molecule has 0 atom stereocenters. The summed E-state index contributed by atoms with van der Waals surface area (Å²) in [5.41, 5.74) is 10.6. The van der Waals surface area contributed by atoms with Crippen LogP contribution in [-0.4, -0.2) is 7.05 Å². The van der Waals surface area contributed by atoms with Gasteiger partial charge in [0.25, 0.3) is 0 Å². The fourth-order valence-corrected chi connectivity index (χ4v) is 0.664. The second kappa shape index (κ2) is 5.82. The number of halogens is 1. The molecule has 0 aliphatic rings. The van der Waals surface area contributed by atoms with E-state index in [1.807, 2.05) is 0 Å². The molecule has 0 amide bonds. The van der Waals surface area contributed by atoms with Gasteiger partial charge in [-0.15, -0.1) is 0 Å². The van der Waals surface area contributed by atoms with Crippen molar-refractivity contribution in [2.75, 3.05) is 7.05 Å². The van der Waals surface area contributed by atoms with Gasteiger partial charge in [0.1, 0.15) is 5.82 Å². The van der Waals surface area contributed by atoms with E-state index < -0.39 is 0 Å². The topological polar surface area (TPSA) is 52.0 Å². The van der Waals surface area contributed by atoms with Crippen molar-refractivity contribution < 1.29 is 4.39 Å². The minimum absolute atomic E-state index is 0.224. The van der Waals surface area contributed by atoms with Gasteiger partial charge in [0.05, 0.1) is 0 Å². The second-order valence-corrected chi connectivity index (χ2v) is 1.83. The Morgan fingerprint density at radius 1 is 1.36 bits per heavy atom. The first kappa shape index (κ1) is 10.1. The first-order valence-electron chi connectivity index (χ1n) is 3.35. The molecule has 0 saturated carbocycles. The zero-order valence-corrected chi connectivity index (χ0v) is 6.55. The molecule has 0 aliphatic heterocycles. The predicted octanol–water partition coefficient (Wildman–Crippen LogP) is 0.859. The number of hydrogen-bond donors (Lipinski definition) is 2. The Kier molecular flexibility index (Phi) is 5.33. The highest BCUT2D eigenvalue weighted by Gasteiger charge is 1.89.